The molecule has 2 aromatic carbocycles. The lowest BCUT2D eigenvalue weighted by molar-refractivity contribution is -0.119. The second-order valence-corrected chi connectivity index (χ2v) is 8.23. The molecule has 6 heteroatoms. The number of nitrogens with zero attached hydrogens (tertiary/aromatic N) is 4. The van der Waals surface area contributed by atoms with Gasteiger partial charge in [-0.05, 0) is 55.5 Å². The number of para-hydroxylation sites is 1. The molecule has 0 radical (unpaired) electrons. The van der Waals surface area contributed by atoms with E-state index in [1.807, 2.05) is 36.4 Å². The van der Waals surface area contributed by atoms with Gasteiger partial charge in [-0.1, -0.05) is 30.3 Å². The van der Waals surface area contributed by atoms with E-state index < -0.39 is 0 Å². The molecular weight excluding hydrogens is 388 g/mol. The molecule has 2 aliphatic rings. The Morgan fingerprint density at radius 2 is 1.65 bits per heavy atom. The Bertz CT molecular complexity index is 1150. The first-order valence-electron chi connectivity index (χ1n) is 11.0. The molecule has 1 fully saturated rings. The first-order valence-corrected chi connectivity index (χ1v) is 11.0. The number of anilines is 2. The van der Waals surface area contributed by atoms with Gasteiger partial charge in [0.1, 0.15) is 6.54 Å². The maximum Gasteiger partial charge on any atom is 0.267 e. The zero-order valence-electron chi connectivity index (χ0n) is 17.5. The van der Waals surface area contributed by atoms with Gasteiger partial charge in [0.2, 0.25) is 5.91 Å². The van der Waals surface area contributed by atoms with Crippen LogP contribution in [0.4, 0.5) is 11.4 Å². The minimum absolute atomic E-state index is 0.0626. The molecule has 0 atom stereocenters. The average molecular weight is 415 g/mol. The molecular formula is C25H26N4O2. The summed E-state index contributed by atoms with van der Waals surface area (Å²) >= 11 is 0. The highest BCUT2D eigenvalue weighted by Crippen LogP contribution is 2.28. The predicted octanol–water partition coefficient (Wildman–Crippen LogP) is 3.49. The summed E-state index contributed by atoms with van der Waals surface area (Å²) in [6.45, 7) is 2.78. The van der Waals surface area contributed by atoms with Gasteiger partial charge >= 0.3 is 0 Å². The van der Waals surface area contributed by atoms with E-state index in [0.717, 1.165) is 30.8 Å². The van der Waals surface area contributed by atoms with E-state index in [2.05, 4.69) is 22.1 Å². The van der Waals surface area contributed by atoms with Gasteiger partial charge < -0.3 is 9.80 Å². The number of carbonyl (C=O) groups excluding carboxylic acids is 1. The standard InChI is InChI=1S/C25H26N4O2/c30-24-13-12-22(19-8-10-21(11-9-19)27-15-4-1-5-16-27)26-29(24)18-25(31)28-17-14-20-6-2-3-7-23(20)28/h2-3,6-13H,1,4-5,14-18H2. The number of hydrogen-bond acceptors (Lipinski definition) is 4. The minimum Gasteiger partial charge on any atom is -0.372 e. The molecule has 158 valence electrons. The van der Waals surface area contributed by atoms with Crippen molar-refractivity contribution in [2.24, 2.45) is 0 Å². The van der Waals surface area contributed by atoms with Crippen molar-refractivity contribution in [3.05, 3.63) is 76.6 Å². The molecule has 0 N–H and O–H groups in total. The van der Waals surface area contributed by atoms with Gasteiger partial charge in [-0.3, -0.25) is 9.59 Å². The summed E-state index contributed by atoms with van der Waals surface area (Å²) in [4.78, 5) is 29.5. The van der Waals surface area contributed by atoms with E-state index in [1.54, 1.807) is 11.0 Å². The van der Waals surface area contributed by atoms with Crippen molar-refractivity contribution in [3.63, 3.8) is 0 Å². The Labute approximate surface area is 181 Å². The van der Waals surface area contributed by atoms with E-state index in [-0.39, 0.29) is 18.0 Å². The normalized spacial score (nSPS) is 15.7. The van der Waals surface area contributed by atoms with Crippen LogP contribution >= 0.6 is 0 Å². The fraction of sp³-hybridized carbons (Fsp3) is 0.320. The Balaban J connectivity index is 1.35. The lowest BCUT2D eigenvalue weighted by atomic mass is 10.1. The third-order valence-corrected chi connectivity index (χ3v) is 6.22. The summed E-state index contributed by atoms with van der Waals surface area (Å²) in [6, 6.07) is 19.4. The van der Waals surface area contributed by atoms with Gasteiger partial charge in [-0.2, -0.15) is 5.10 Å². The van der Waals surface area contributed by atoms with Gasteiger partial charge in [0.05, 0.1) is 5.69 Å². The number of rotatable bonds is 4. The summed E-state index contributed by atoms with van der Waals surface area (Å²) in [5.74, 6) is -0.114. The summed E-state index contributed by atoms with van der Waals surface area (Å²) in [7, 11) is 0. The van der Waals surface area contributed by atoms with Crippen LogP contribution < -0.4 is 15.4 Å². The number of benzene rings is 2. The van der Waals surface area contributed by atoms with E-state index >= 15 is 0 Å². The summed E-state index contributed by atoms with van der Waals surface area (Å²) in [6.07, 6.45) is 4.63. The quantitative estimate of drug-likeness (QED) is 0.656. The fourth-order valence-electron chi connectivity index (χ4n) is 4.52. The first-order chi connectivity index (χ1) is 15.2. The molecule has 0 unspecified atom stereocenters. The average Bonchev–Trinajstić information content (AvgIpc) is 3.26. The second-order valence-electron chi connectivity index (χ2n) is 8.23. The van der Waals surface area contributed by atoms with E-state index in [4.69, 9.17) is 0 Å². The van der Waals surface area contributed by atoms with E-state index in [0.29, 0.717) is 12.2 Å². The molecule has 0 spiro atoms. The van der Waals surface area contributed by atoms with Crippen LogP contribution in [0.5, 0.6) is 0 Å². The molecule has 3 aromatic rings. The maximum absolute atomic E-state index is 12.9. The van der Waals surface area contributed by atoms with Crippen molar-refractivity contribution in [2.75, 3.05) is 29.4 Å². The monoisotopic (exact) mass is 414 g/mol. The molecule has 2 aliphatic heterocycles. The molecule has 0 aliphatic carbocycles. The SMILES string of the molecule is O=C(Cn1nc(-c2ccc(N3CCCCC3)cc2)ccc1=O)N1CCc2ccccc21. The predicted molar refractivity (Wildman–Crippen MR) is 122 cm³/mol. The fourth-order valence-corrected chi connectivity index (χ4v) is 4.52. The second kappa shape index (κ2) is 8.38. The number of amides is 1. The summed E-state index contributed by atoms with van der Waals surface area (Å²) in [5, 5.41) is 4.50. The lowest BCUT2D eigenvalue weighted by Gasteiger charge is -2.28. The Hall–Kier alpha value is -3.41. The largest absolute Gasteiger partial charge is 0.372 e. The topological polar surface area (TPSA) is 58.4 Å². The van der Waals surface area contributed by atoms with Crippen LogP contribution in [0.3, 0.4) is 0 Å². The van der Waals surface area contributed by atoms with Crippen molar-refractivity contribution in [2.45, 2.75) is 32.2 Å². The Kier molecular flexibility index (Phi) is 5.28. The van der Waals surface area contributed by atoms with Crippen molar-refractivity contribution < 1.29 is 4.79 Å². The first kappa shape index (κ1) is 19.5. The lowest BCUT2D eigenvalue weighted by Crippen LogP contribution is -2.36. The molecule has 1 amide bonds. The van der Waals surface area contributed by atoms with Crippen molar-refractivity contribution in [1.82, 2.24) is 9.78 Å². The zero-order valence-corrected chi connectivity index (χ0v) is 17.5. The van der Waals surface area contributed by atoms with Gasteiger partial charge in [0.15, 0.2) is 0 Å². The number of carbonyl (C=O) groups is 1. The molecule has 5 rings (SSSR count). The van der Waals surface area contributed by atoms with Crippen LogP contribution in [0, 0.1) is 0 Å². The number of piperidine rings is 1. The van der Waals surface area contributed by atoms with Gasteiger partial charge in [0, 0.05) is 42.6 Å². The Morgan fingerprint density at radius 1 is 0.871 bits per heavy atom. The molecule has 0 saturated carbocycles. The molecule has 31 heavy (non-hydrogen) atoms. The van der Waals surface area contributed by atoms with Crippen molar-refractivity contribution >= 4 is 17.3 Å². The highest BCUT2D eigenvalue weighted by atomic mass is 16.2. The smallest absolute Gasteiger partial charge is 0.267 e. The van der Waals surface area contributed by atoms with Crippen LogP contribution in [0.15, 0.2) is 65.5 Å². The third-order valence-electron chi connectivity index (χ3n) is 6.22. The van der Waals surface area contributed by atoms with Gasteiger partial charge in [-0.25, -0.2) is 4.68 Å². The van der Waals surface area contributed by atoms with E-state index in [9.17, 15) is 9.59 Å². The van der Waals surface area contributed by atoms with Crippen LogP contribution in [-0.2, 0) is 17.8 Å². The highest BCUT2D eigenvalue weighted by Gasteiger charge is 2.24. The summed E-state index contributed by atoms with van der Waals surface area (Å²) < 4.78 is 1.27. The highest BCUT2D eigenvalue weighted by molar-refractivity contribution is 5.95. The molecule has 1 aromatic heterocycles. The van der Waals surface area contributed by atoms with Crippen LogP contribution in [0.25, 0.3) is 11.3 Å². The van der Waals surface area contributed by atoms with Gasteiger partial charge in [-0.15, -0.1) is 0 Å². The molecule has 0 bridgehead atoms. The van der Waals surface area contributed by atoms with Crippen LogP contribution in [-0.4, -0.2) is 35.3 Å². The van der Waals surface area contributed by atoms with Crippen molar-refractivity contribution in [3.8, 4) is 11.3 Å². The minimum atomic E-state index is -0.269. The van der Waals surface area contributed by atoms with Crippen LogP contribution in [0.1, 0.15) is 24.8 Å². The van der Waals surface area contributed by atoms with Crippen molar-refractivity contribution in [1.29, 1.82) is 0 Å². The van der Waals surface area contributed by atoms with Gasteiger partial charge in [0.25, 0.3) is 5.56 Å². The summed E-state index contributed by atoms with van der Waals surface area (Å²) in [5.41, 5.74) is 4.69. The number of hydrogen-bond donors (Lipinski definition) is 0. The van der Waals surface area contributed by atoms with Crippen LogP contribution in [0.2, 0.25) is 0 Å². The third kappa shape index (κ3) is 3.98. The number of aromatic nitrogens is 2. The van der Waals surface area contributed by atoms with E-state index in [1.165, 1.54) is 41.3 Å². The molecule has 6 nitrogen and oxygen atoms in total. The molecule has 3 heterocycles. The Morgan fingerprint density at radius 3 is 2.45 bits per heavy atom. The molecule has 1 saturated heterocycles. The maximum atomic E-state index is 12.9. The number of fused-ring (bicyclic) bond motifs is 1. The zero-order chi connectivity index (χ0) is 21.2.